The van der Waals surface area contributed by atoms with Gasteiger partial charge in [-0.2, -0.15) is 13.2 Å². The van der Waals surface area contributed by atoms with E-state index in [0.717, 1.165) is 12.1 Å². The highest BCUT2D eigenvalue weighted by molar-refractivity contribution is 6.31. The third-order valence-corrected chi connectivity index (χ3v) is 1.90. The predicted octanol–water partition coefficient (Wildman–Crippen LogP) is 3.37. The van der Waals surface area contributed by atoms with Crippen LogP contribution in [0.5, 0.6) is 5.75 Å². The van der Waals surface area contributed by atoms with Gasteiger partial charge in [-0.3, -0.25) is 0 Å². The fourth-order valence-electron chi connectivity index (χ4n) is 0.888. The number of hydrogen-bond acceptors (Lipinski definition) is 1. The lowest BCUT2D eigenvalue weighted by atomic mass is 10.1. The quantitative estimate of drug-likeness (QED) is 0.696. The summed E-state index contributed by atoms with van der Waals surface area (Å²) in [5.41, 5.74) is -0.777. The molecule has 0 radical (unpaired) electrons. The van der Waals surface area contributed by atoms with Crippen LogP contribution >= 0.6 is 11.6 Å². The molecule has 0 aliphatic carbocycles. The van der Waals surface area contributed by atoms with Gasteiger partial charge in [-0.05, 0) is 24.6 Å². The minimum absolute atomic E-state index is 0.150. The number of aromatic hydroxyl groups is 1. The van der Waals surface area contributed by atoms with Crippen molar-refractivity contribution in [2.24, 2.45) is 0 Å². The van der Waals surface area contributed by atoms with Gasteiger partial charge in [0.15, 0.2) is 0 Å². The van der Waals surface area contributed by atoms with Gasteiger partial charge >= 0.3 is 6.18 Å². The molecule has 1 nitrogen and oxygen atoms in total. The Labute approximate surface area is 77.8 Å². The van der Waals surface area contributed by atoms with Crippen molar-refractivity contribution in [1.29, 1.82) is 0 Å². The zero-order valence-corrected chi connectivity index (χ0v) is 7.37. The van der Waals surface area contributed by atoms with Crippen LogP contribution < -0.4 is 0 Å². The van der Waals surface area contributed by atoms with Crippen molar-refractivity contribution in [2.75, 3.05) is 0 Å². The SMILES string of the molecule is Cc1cc(C(F)(F)F)c(Cl)cc1O. The molecule has 0 bridgehead atoms. The van der Waals surface area contributed by atoms with E-state index in [1.807, 2.05) is 0 Å². The molecule has 1 rings (SSSR count). The summed E-state index contributed by atoms with van der Waals surface area (Å²) in [7, 11) is 0. The zero-order valence-electron chi connectivity index (χ0n) is 6.61. The van der Waals surface area contributed by atoms with Gasteiger partial charge < -0.3 is 5.11 Å². The van der Waals surface area contributed by atoms with Crippen LogP contribution in [0.3, 0.4) is 0 Å². The maximum atomic E-state index is 12.2. The standard InChI is InChI=1S/C8H6ClF3O/c1-4-2-5(8(10,11)12)6(9)3-7(4)13/h2-3,13H,1H3. The molecule has 1 N–H and O–H groups in total. The van der Waals surface area contributed by atoms with E-state index in [4.69, 9.17) is 16.7 Å². The second-order valence-corrected chi connectivity index (χ2v) is 3.02. The van der Waals surface area contributed by atoms with E-state index in [1.54, 1.807) is 0 Å². The molecule has 0 saturated carbocycles. The molecule has 72 valence electrons. The van der Waals surface area contributed by atoms with Crippen LogP contribution in [0.25, 0.3) is 0 Å². The fraction of sp³-hybridized carbons (Fsp3) is 0.250. The van der Waals surface area contributed by atoms with Gasteiger partial charge in [0.25, 0.3) is 0 Å². The molecule has 5 heteroatoms. The summed E-state index contributed by atoms with van der Waals surface area (Å²) in [6, 6.07) is 1.71. The summed E-state index contributed by atoms with van der Waals surface area (Å²) in [6.07, 6.45) is -4.48. The molecule has 0 fully saturated rings. The van der Waals surface area contributed by atoms with Gasteiger partial charge in [-0.1, -0.05) is 11.6 Å². The van der Waals surface area contributed by atoms with E-state index in [0.29, 0.717) is 0 Å². The Morgan fingerprint density at radius 1 is 1.31 bits per heavy atom. The van der Waals surface area contributed by atoms with Gasteiger partial charge in [0, 0.05) is 0 Å². The average molecular weight is 211 g/mol. The lowest BCUT2D eigenvalue weighted by molar-refractivity contribution is -0.137. The van der Waals surface area contributed by atoms with E-state index in [2.05, 4.69) is 0 Å². The Morgan fingerprint density at radius 3 is 2.31 bits per heavy atom. The van der Waals surface area contributed by atoms with Crippen LogP contribution in [0.4, 0.5) is 13.2 Å². The van der Waals surface area contributed by atoms with Crippen LogP contribution in [-0.4, -0.2) is 5.11 Å². The Kier molecular flexibility index (Phi) is 2.43. The van der Waals surface area contributed by atoms with Crippen LogP contribution in [0.2, 0.25) is 5.02 Å². The minimum atomic E-state index is -4.48. The number of phenolic OH excluding ortho intramolecular Hbond substituents is 1. The van der Waals surface area contributed by atoms with Gasteiger partial charge in [0.1, 0.15) is 5.75 Å². The first-order chi connectivity index (χ1) is 5.82. The topological polar surface area (TPSA) is 20.2 Å². The van der Waals surface area contributed by atoms with E-state index in [9.17, 15) is 13.2 Å². The molecule has 0 atom stereocenters. The predicted molar refractivity (Wildman–Crippen MR) is 42.9 cm³/mol. The second-order valence-electron chi connectivity index (χ2n) is 2.62. The van der Waals surface area contributed by atoms with Gasteiger partial charge in [-0.15, -0.1) is 0 Å². The van der Waals surface area contributed by atoms with Crippen LogP contribution in [0.1, 0.15) is 11.1 Å². The van der Waals surface area contributed by atoms with Crippen LogP contribution in [-0.2, 0) is 6.18 Å². The first-order valence-corrected chi connectivity index (χ1v) is 3.76. The second kappa shape index (κ2) is 3.10. The first-order valence-electron chi connectivity index (χ1n) is 3.38. The molecule has 0 aliphatic heterocycles. The maximum absolute atomic E-state index is 12.2. The van der Waals surface area contributed by atoms with Crippen molar-refractivity contribution in [1.82, 2.24) is 0 Å². The fourth-order valence-corrected chi connectivity index (χ4v) is 1.15. The third-order valence-electron chi connectivity index (χ3n) is 1.59. The number of benzene rings is 1. The van der Waals surface area contributed by atoms with Gasteiger partial charge in [0.05, 0.1) is 10.6 Å². The van der Waals surface area contributed by atoms with Gasteiger partial charge in [0.2, 0.25) is 0 Å². The summed E-state index contributed by atoms with van der Waals surface area (Å²) in [6.45, 7) is 1.38. The average Bonchev–Trinajstić information content (AvgIpc) is 1.94. The molecule has 0 spiro atoms. The van der Waals surface area contributed by atoms with Crippen molar-refractivity contribution in [3.8, 4) is 5.75 Å². The highest BCUT2D eigenvalue weighted by atomic mass is 35.5. The summed E-state index contributed by atoms with van der Waals surface area (Å²) in [5, 5.41) is 8.55. The highest BCUT2D eigenvalue weighted by Crippen LogP contribution is 2.37. The van der Waals surface area contributed by atoms with Crippen molar-refractivity contribution < 1.29 is 18.3 Å². The molecule has 13 heavy (non-hydrogen) atoms. The number of aryl methyl sites for hydroxylation is 1. The zero-order chi connectivity index (χ0) is 10.2. The Bertz CT molecular complexity index is 333. The maximum Gasteiger partial charge on any atom is 0.417 e. The summed E-state index contributed by atoms with van der Waals surface area (Å²) in [5.74, 6) is -0.238. The molecule has 1 aromatic rings. The molecule has 0 unspecified atom stereocenters. The van der Waals surface area contributed by atoms with E-state index < -0.39 is 16.8 Å². The Balaban J connectivity index is 3.32. The summed E-state index contributed by atoms with van der Waals surface area (Å²) in [4.78, 5) is 0. The van der Waals surface area contributed by atoms with Crippen molar-refractivity contribution in [2.45, 2.75) is 13.1 Å². The molecule has 0 heterocycles. The largest absolute Gasteiger partial charge is 0.508 e. The molecular weight excluding hydrogens is 205 g/mol. The molecular formula is C8H6ClF3O. The third kappa shape index (κ3) is 2.06. The van der Waals surface area contributed by atoms with E-state index >= 15 is 0 Å². The smallest absolute Gasteiger partial charge is 0.417 e. The number of alkyl halides is 3. The minimum Gasteiger partial charge on any atom is -0.508 e. The number of rotatable bonds is 0. The molecule has 0 aliphatic rings. The highest BCUT2D eigenvalue weighted by Gasteiger charge is 2.33. The lowest BCUT2D eigenvalue weighted by Crippen LogP contribution is -2.06. The van der Waals surface area contributed by atoms with Crippen LogP contribution in [0.15, 0.2) is 12.1 Å². The molecule has 0 aromatic heterocycles. The Hall–Kier alpha value is -0.900. The first kappa shape index (κ1) is 10.2. The van der Waals surface area contributed by atoms with Crippen molar-refractivity contribution in [3.05, 3.63) is 28.3 Å². The Morgan fingerprint density at radius 2 is 1.85 bits per heavy atom. The normalized spacial score (nSPS) is 11.8. The van der Waals surface area contributed by atoms with E-state index in [1.165, 1.54) is 6.92 Å². The number of halogens is 4. The van der Waals surface area contributed by atoms with Crippen molar-refractivity contribution >= 4 is 11.6 Å². The van der Waals surface area contributed by atoms with Gasteiger partial charge in [-0.25, -0.2) is 0 Å². The monoisotopic (exact) mass is 210 g/mol. The summed E-state index contributed by atoms with van der Waals surface area (Å²) >= 11 is 5.31. The molecule has 1 aromatic carbocycles. The van der Waals surface area contributed by atoms with Crippen molar-refractivity contribution in [3.63, 3.8) is 0 Å². The lowest BCUT2D eigenvalue weighted by Gasteiger charge is -2.10. The van der Waals surface area contributed by atoms with Crippen LogP contribution in [0, 0.1) is 6.92 Å². The number of hydrogen-bond donors (Lipinski definition) is 1. The summed E-state index contributed by atoms with van der Waals surface area (Å²) < 4.78 is 36.6. The van der Waals surface area contributed by atoms with E-state index in [-0.39, 0.29) is 11.3 Å². The molecule has 0 saturated heterocycles. The molecule has 0 amide bonds. The number of phenols is 1.